The molecule has 2 aromatic heterocycles. The molecule has 202 valence electrons. The molecular formula is C27H32N4O6S. The van der Waals surface area contributed by atoms with Crippen LogP contribution in [0.25, 0.3) is 11.0 Å². The SMILES string of the molecule is CC(C)C[C@H](NC(=O)c1cc2ccccc2o1)C(=O)N[C@H]1C=C[C@@H](C)N(S(=O)(=O)c2ccccn2)C[C@@H]1O. The predicted molar refractivity (Wildman–Crippen MR) is 142 cm³/mol. The minimum atomic E-state index is -3.98. The monoisotopic (exact) mass is 540 g/mol. The van der Waals surface area contributed by atoms with Crippen molar-refractivity contribution in [3.05, 3.63) is 72.6 Å². The Hall–Kier alpha value is -3.54. The van der Waals surface area contributed by atoms with Crippen LogP contribution in [0.5, 0.6) is 0 Å². The summed E-state index contributed by atoms with van der Waals surface area (Å²) in [6, 6.07) is 11.1. The summed E-state index contributed by atoms with van der Waals surface area (Å²) < 4.78 is 33.1. The summed E-state index contributed by atoms with van der Waals surface area (Å²) in [4.78, 5) is 30.2. The number of aromatic nitrogens is 1. The van der Waals surface area contributed by atoms with E-state index in [1.807, 2.05) is 26.0 Å². The Labute approximate surface area is 221 Å². The van der Waals surface area contributed by atoms with E-state index in [1.165, 1.54) is 12.3 Å². The summed E-state index contributed by atoms with van der Waals surface area (Å²) in [6.45, 7) is 5.29. The highest BCUT2D eigenvalue weighted by Crippen LogP contribution is 2.22. The van der Waals surface area contributed by atoms with Gasteiger partial charge in [-0.2, -0.15) is 4.31 Å². The van der Waals surface area contributed by atoms with Crippen molar-refractivity contribution in [3.8, 4) is 0 Å². The highest BCUT2D eigenvalue weighted by atomic mass is 32.2. The van der Waals surface area contributed by atoms with Crippen LogP contribution in [0.2, 0.25) is 0 Å². The van der Waals surface area contributed by atoms with E-state index >= 15 is 0 Å². The number of carbonyl (C=O) groups excluding carboxylic acids is 2. The number of fused-ring (bicyclic) bond motifs is 1. The van der Waals surface area contributed by atoms with Crippen LogP contribution in [-0.2, 0) is 14.8 Å². The Morgan fingerprint density at radius 1 is 1.16 bits per heavy atom. The molecule has 4 rings (SSSR count). The molecule has 4 atom stereocenters. The predicted octanol–water partition coefficient (Wildman–Crippen LogP) is 2.47. The van der Waals surface area contributed by atoms with E-state index in [0.717, 1.165) is 9.69 Å². The molecule has 3 aromatic rings. The van der Waals surface area contributed by atoms with Crippen molar-refractivity contribution in [3.63, 3.8) is 0 Å². The third kappa shape index (κ3) is 6.12. The van der Waals surface area contributed by atoms with E-state index in [2.05, 4.69) is 15.6 Å². The number of sulfonamides is 1. The van der Waals surface area contributed by atoms with Crippen molar-refractivity contribution in [2.45, 2.75) is 56.4 Å². The molecule has 0 radical (unpaired) electrons. The molecule has 10 nitrogen and oxygen atoms in total. The first-order valence-electron chi connectivity index (χ1n) is 12.5. The molecule has 11 heteroatoms. The van der Waals surface area contributed by atoms with E-state index in [-0.39, 0.29) is 23.2 Å². The number of amides is 2. The first-order chi connectivity index (χ1) is 18.1. The maximum Gasteiger partial charge on any atom is 0.287 e. The Kier molecular flexibility index (Phi) is 8.29. The van der Waals surface area contributed by atoms with E-state index in [9.17, 15) is 23.1 Å². The van der Waals surface area contributed by atoms with Gasteiger partial charge in [0.15, 0.2) is 10.8 Å². The number of hydrogen-bond acceptors (Lipinski definition) is 7. The number of pyridine rings is 1. The van der Waals surface area contributed by atoms with Gasteiger partial charge < -0.3 is 20.2 Å². The molecular weight excluding hydrogens is 508 g/mol. The van der Waals surface area contributed by atoms with E-state index < -0.39 is 46.1 Å². The zero-order valence-electron chi connectivity index (χ0n) is 21.4. The fraction of sp³-hybridized carbons (Fsp3) is 0.370. The van der Waals surface area contributed by atoms with Gasteiger partial charge in [-0.25, -0.2) is 13.4 Å². The third-order valence-corrected chi connectivity index (χ3v) is 8.20. The number of nitrogens with one attached hydrogen (secondary N) is 2. The number of aliphatic hydroxyl groups excluding tert-OH is 1. The summed E-state index contributed by atoms with van der Waals surface area (Å²) in [6.07, 6.45) is 3.70. The molecule has 3 N–H and O–H groups in total. The second-order valence-electron chi connectivity index (χ2n) is 9.77. The Morgan fingerprint density at radius 2 is 1.89 bits per heavy atom. The highest BCUT2D eigenvalue weighted by molar-refractivity contribution is 7.89. The number of rotatable bonds is 8. The van der Waals surface area contributed by atoms with Crippen LogP contribution >= 0.6 is 0 Å². The number of aliphatic hydroxyl groups is 1. The van der Waals surface area contributed by atoms with Crippen LogP contribution in [0.15, 0.2) is 76.3 Å². The minimum absolute atomic E-state index is 0.0790. The van der Waals surface area contributed by atoms with E-state index in [0.29, 0.717) is 12.0 Å². The molecule has 1 aromatic carbocycles. The fourth-order valence-electron chi connectivity index (χ4n) is 4.34. The molecule has 0 saturated heterocycles. The van der Waals surface area contributed by atoms with Crippen LogP contribution < -0.4 is 10.6 Å². The van der Waals surface area contributed by atoms with Crippen LogP contribution in [0.3, 0.4) is 0 Å². The van der Waals surface area contributed by atoms with Gasteiger partial charge in [-0.15, -0.1) is 0 Å². The van der Waals surface area contributed by atoms with Crippen molar-refractivity contribution >= 4 is 32.8 Å². The number of hydrogen-bond donors (Lipinski definition) is 3. The lowest BCUT2D eigenvalue weighted by Gasteiger charge is -2.28. The van der Waals surface area contributed by atoms with Crippen molar-refractivity contribution in [2.75, 3.05) is 6.54 Å². The van der Waals surface area contributed by atoms with Crippen LogP contribution in [-0.4, -0.2) is 65.4 Å². The van der Waals surface area contributed by atoms with Crippen molar-refractivity contribution in [2.24, 2.45) is 5.92 Å². The second kappa shape index (κ2) is 11.5. The van der Waals surface area contributed by atoms with E-state index in [4.69, 9.17) is 4.42 Å². The number of β-amino-alcohol motifs (C(OH)–C–C–N with tert-alkyl or cyclic N) is 1. The van der Waals surface area contributed by atoms with Gasteiger partial charge in [0.2, 0.25) is 5.91 Å². The molecule has 3 heterocycles. The summed E-state index contributed by atoms with van der Waals surface area (Å²) >= 11 is 0. The molecule has 0 aliphatic carbocycles. The lowest BCUT2D eigenvalue weighted by molar-refractivity contribution is -0.124. The first-order valence-corrected chi connectivity index (χ1v) is 13.9. The first kappa shape index (κ1) is 27.5. The molecule has 1 aliphatic rings. The Balaban J connectivity index is 1.48. The molecule has 0 fully saturated rings. The molecule has 1 aliphatic heterocycles. The molecule has 0 bridgehead atoms. The smallest absolute Gasteiger partial charge is 0.287 e. The van der Waals surface area contributed by atoms with Gasteiger partial charge in [0.1, 0.15) is 11.6 Å². The van der Waals surface area contributed by atoms with Crippen molar-refractivity contribution < 1.29 is 27.5 Å². The number of furan rings is 1. The molecule has 2 amide bonds. The van der Waals surface area contributed by atoms with Crippen LogP contribution in [0, 0.1) is 5.92 Å². The lowest BCUT2D eigenvalue weighted by atomic mass is 10.0. The highest BCUT2D eigenvalue weighted by Gasteiger charge is 2.36. The summed E-state index contributed by atoms with van der Waals surface area (Å²) in [5.74, 6) is -0.854. The number of carbonyl (C=O) groups is 2. The molecule has 38 heavy (non-hydrogen) atoms. The van der Waals surface area contributed by atoms with Gasteiger partial charge >= 0.3 is 0 Å². The summed E-state index contributed by atoms with van der Waals surface area (Å²) in [5, 5.41) is 17.1. The van der Waals surface area contributed by atoms with Crippen LogP contribution in [0.1, 0.15) is 37.7 Å². The molecule has 0 unspecified atom stereocenters. The third-order valence-electron chi connectivity index (χ3n) is 6.33. The average Bonchev–Trinajstić information content (AvgIpc) is 3.27. The van der Waals surface area contributed by atoms with Gasteiger partial charge in [0, 0.05) is 24.2 Å². The second-order valence-corrected chi connectivity index (χ2v) is 11.6. The van der Waals surface area contributed by atoms with Crippen LogP contribution in [0.4, 0.5) is 0 Å². The average molecular weight is 541 g/mol. The molecule has 0 spiro atoms. The summed E-state index contributed by atoms with van der Waals surface area (Å²) in [7, 11) is -3.98. The topological polar surface area (TPSA) is 142 Å². The Morgan fingerprint density at radius 3 is 2.58 bits per heavy atom. The zero-order chi connectivity index (χ0) is 27.4. The summed E-state index contributed by atoms with van der Waals surface area (Å²) in [5.41, 5.74) is 0.563. The van der Waals surface area contributed by atoms with Gasteiger partial charge in [0.05, 0.1) is 12.1 Å². The Bertz CT molecular complexity index is 1390. The van der Waals surface area contributed by atoms with E-state index in [1.54, 1.807) is 49.4 Å². The largest absolute Gasteiger partial charge is 0.451 e. The van der Waals surface area contributed by atoms with Gasteiger partial charge in [0.25, 0.3) is 15.9 Å². The maximum atomic E-state index is 13.3. The number of para-hydroxylation sites is 1. The van der Waals surface area contributed by atoms with Crippen molar-refractivity contribution in [1.82, 2.24) is 19.9 Å². The standard InChI is InChI=1S/C27H32N4O6S/c1-17(2)14-21(30-27(34)24-15-19-8-4-5-9-23(19)37-24)26(33)29-20-12-11-18(3)31(16-22(20)32)38(35,36)25-10-6-7-13-28-25/h4-13,15,17-18,20-22,32H,14,16H2,1-3H3,(H,29,33)(H,30,34)/t18-,20+,21+,22+/m1/s1. The molecule has 0 saturated carbocycles. The number of benzene rings is 1. The fourth-order valence-corrected chi connectivity index (χ4v) is 5.88. The lowest BCUT2D eigenvalue weighted by Crippen LogP contribution is -2.54. The van der Waals surface area contributed by atoms with Gasteiger partial charge in [-0.05, 0) is 43.5 Å². The zero-order valence-corrected chi connectivity index (χ0v) is 22.3. The maximum absolute atomic E-state index is 13.3. The number of nitrogens with zero attached hydrogens (tertiary/aromatic N) is 2. The van der Waals surface area contributed by atoms with Crippen molar-refractivity contribution in [1.29, 1.82) is 0 Å². The van der Waals surface area contributed by atoms with Gasteiger partial charge in [-0.1, -0.05) is 50.3 Å². The normalized spacial score (nSPS) is 21.2. The quantitative estimate of drug-likeness (QED) is 0.373. The van der Waals surface area contributed by atoms with Gasteiger partial charge in [-0.3, -0.25) is 9.59 Å². The minimum Gasteiger partial charge on any atom is -0.451 e.